The number of likely N-dealkylation sites (tertiary alicyclic amines) is 1. The molecule has 0 saturated carbocycles. The summed E-state index contributed by atoms with van der Waals surface area (Å²) in [5, 5.41) is 7.07. The van der Waals surface area contributed by atoms with E-state index >= 15 is 0 Å². The monoisotopic (exact) mass is 804 g/mol. The Morgan fingerprint density at radius 2 is 1.65 bits per heavy atom. The third kappa shape index (κ3) is 8.04. The Kier molecular flexibility index (Phi) is 11.7. The summed E-state index contributed by atoms with van der Waals surface area (Å²) < 4.78 is 45.3. The van der Waals surface area contributed by atoms with Crippen LogP contribution in [0.5, 0.6) is 0 Å². The van der Waals surface area contributed by atoms with Gasteiger partial charge in [-0.15, -0.1) is 0 Å². The van der Waals surface area contributed by atoms with Crippen molar-refractivity contribution in [2.24, 2.45) is 0 Å². The highest BCUT2D eigenvalue weighted by Gasteiger charge is 2.36. The molecule has 282 valence electrons. The molecule has 1 atom stereocenters. The van der Waals surface area contributed by atoms with Gasteiger partial charge in [0.2, 0.25) is 5.91 Å². The molecule has 1 aliphatic heterocycles. The van der Waals surface area contributed by atoms with Crippen molar-refractivity contribution < 1.29 is 44.2 Å². The van der Waals surface area contributed by atoms with Crippen LogP contribution in [0.2, 0.25) is 0 Å². The van der Waals surface area contributed by atoms with E-state index in [9.17, 15) is 27.6 Å². The number of piperidine rings is 1. The number of aromatic nitrogens is 4. The summed E-state index contributed by atoms with van der Waals surface area (Å²) in [6.45, 7) is 12.2. The number of hydrogen-bond acceptors (Lipinski definition) is 4. The lowest BCUT2D eigenvalue weighted by atomic mass is 10.00. The van der Waals surface area contributed by atoms with Crippen molar-refractivity contribution in [3.05, 3.63) is 130 Å². The number of imidazole rings is 1. The van der Waals surface area contributed by atoms with Crippen LogP contribution in [-0.4, -0.2) is 79.5 Å². The normalized spacial score (nSPS) is 14.2. The summed E-state index contributed by atoms with van der Waals surface area (Å²) >= 11 is 0. The van der Waals surface area contributed by atoms with Gasteiger partial charge < -0.3 is 31.7 Å². The molecule has 0 unspecified atom stereocenters. The maximum Gasteiger partial charge on any atom is 0.416 e. The Hall–Kier alpha value is -5.46. The number of carbonyl (C=O) groups is 2. The van der Waals surface area contributed by atoms with Crippen molar-refractivity contribution in [3.8, 4) is 22.8 Å². The first-order valence-electron chi connectivity index (χ1n) is 17.2. The molecule has 3 aromatic carbocycles. The summed E-state index contributed by atoms with van der Waals surface area (Å²) in [5.41, 5.74) is 0.678. The Balaban J connectivity index is 0.00000561. The predicted octanol–water partition coefficient (Wildman–Crippen LogP) is 3.59. The van der Waals surface area contributed by atoms with Gasteiger partial charge in [0.15, 0.2) is 5.69 Å². The van der Waals surface area contributed by atoms with Crippen LogP contribution in [-0.2, 0) is 17.5 Å². The highest BCUT2D eigenvalue weighted by Crippen LogP contribution is 2.32. The Labute approximate surface area is 321 Å². The van der Waals surface area contributed by atoms with Gasteiger partial charge in [0, 0.05) is 31.5 Å². The number of nitrogens with one attached hydrogen (secondary N) is 1. The van der Waals surface area contributed by atoms with E-state index in [1.807, 2.05) is 18.2 Å². The molecule has 1 aliphatic rings. The van der Waals surface area contributed by atoms with E-state index < -0.39 is 29.5 Å². The van der Waals surface area contributed by atoms with Crippen molar-refractivity contribution in [1.29, 1.82) is 0 Å². The summed E-state index contributed by atoms with van der Waals surface area (Å²) in [6.07, 6.45) is -1.67. The van der Waals surface area contributed by atoms with Crippen molar-refractivity contribution in [3.63, 3.8) is 0 Å². The second kappa shape index (κ2) is 15.9. The number of nitrogens with zero attached hydrogens (tertiary/aromatic N) is 7. The number of amides is 2. The molecule has 5 aromatic rings. The van der Waals surface area contributed by atoms with Crippen LogP contribution in [0.25, 0.3) is 27.6 Å². The van der Waals surface area contributed by atoms with Gasteiger partial charge >= 0.3 is 17.9 Å². The van der Waals surface area contributed by atoms with E-state index in [4.69, 9.17) is 6.57 Å². The topological polar surface area (TPSA) is 98.5 Å². The zero-order valence-electron chi connectivity index (χ0n) is 30.2. The third-order valence-electron chi connectivity index (χ3n) is 9.94. The molecule has 11 nitrogen and oxygen atoms in total. The zero-order valence-corrected chi connectivity index (χ0v) is 31.8. The van der Waals surface area contributed by atoms with Crippen molar-refractivity contribution >= 4 is 17.6 Å². The Morgan fingerprint density at radius 3 is 2.28 bits per heavy atom. The van der Waals surface area contributed by atoms with Crippen LogP contribution in [0.3, 0.4) is 0 Å². The predicted molar refractivity (Wildman–Crippen MR) is 194 cm³/mol. The molecule has 3 heterocycles. The molecule has 1 N–H and O–H groups in total. The minimum Gasteiger partial charge on any atom is -1.00 e. The smallest absolute Gasteiger partial charge is 0.416 e. The molecule has 6 rings (SSSR count). The third-order valence-corrected chi connectivity index (χ3v) is 9.94. The van der Waals surface area contributed by atoms with Crippen LogP contribution >= 0.6 is 0 Å². The highest BCUT2D eigenvalue weighted by atomic mass is 79.9. The van der Waals surface area contributed by atoms with Gasteiger partial charge in [0.25, 0.3) is 0 Å². The fourth-order valence-corrected chi connectivity index (χ4v) is 7.13. The lowest BCUT2D eigenvalue weighted by Gasteiger charge is -2.43. The maximum atomic E-state index is 14.2. The molecule has 1 fully saturated rings. The van der Waals surface area contributed by atoms with Crippen LogP contribution < -0.4 is 28.0 Å². The molecule has 15 heteroatoms. The number of quaternary nitrogens is 1. The minimum absolute atomic E-state index is 0. The molecule has 54 heavy (non-hydrogen) atoms. The number of benzene rings is 3. The van der Waals surface area contributed by atoms with E-state index in [0.717, 1.165) is 45.1 Å². The molecule has 0 bridgehead atoms. The van der Waals surface area contributed by atoms with E-state index in [1.54, 1.807) is 42.2 Å². The summed E-state index contributed by atoms with van der Waals surface area (Å²) in [5.74, 6) is -0.307. The summed E-state index contributed by atoms with van der Waals surface area (Å²) in [6, 6.07) is 21.0. The first kappa shape index (κ1) is 39.7. The number of rotatable bonds is 8. The molecule has 1 saturated heterocycles. The van der Waals surface area contributed by atoms with Gasteiger partial charge in [0.05, 0.1) is 61.2 Å². The highest BCUT2D eigenvalue weighted by molar-refractivity contribution is 5.89. The van der Waals surface area contributed by atoms with Crippen molar-refractivity contribution in [2.75, 3.05) is 27.2 Å². The minimum atomic E-state index is -4.67. The van der Waals surface area contributed by atoms with Gasteiger partial charge in [-0.1, -0.05) is 48.5 Å². The lowest BCUT2D eigenvalue weighted by Crippen LogP contribution is -3.00. The van der Waals surface area contributed by atoms with Gasteiger partial charge in [-0.2, -0.15) is 18.3 Å². The Morgan fingerprint density at radius 1 is 0.981 bits per heavy atom. The van der Waals surface area contributed by atoms with Crippen LogP contribution in [0.15, 0.2) is 95.9 Å². The number of carbonyl (C=O) groups excluding carboxylic acids is 2. The number of hydrogen-bond donors (Lipinski definition) is 1. The van der Waals surface area contributed by atoms with E-state index in [1.165, 1.54) is 35.5 Å². The molecule has 2 aromatic heterocycles. The first-order valence-corrected chi connectivity index (χ1v) is 17.2. The second-order valence-corrected chi connectivity index (χ2v) is 13.8. The van der Waals surface area contributed by atoms with Gasteiger partial charge in [0.1, 0.15) is 18.3 Å². The number of halogens is 4. The standard InChI is InChI=1S/C39H39F3N8O3.BrH/c1-26(36(51)46-22-19-33(20-23-46)50(4,5)25-28-10-7-6-8-11-28)45-37(52)48-35(34-18-21-44-49(34)31-16-14-30(43-3)15-17-31)27(2)47(38(48)53)32-13-9-12-29(24-32)39(40,41)42;/h6-18,21,24,26,33H,19-20,22-23,25H2,1-2,4-5H3;1H/t26-;/m0./s1. The van der Waals surface area contributed by atoms with Crippen LogP contribution in [0, 0.1) is 13.5 Å². The van der Waals surface area contributed by atoms with E-state index in [2.05, 4.69) is 41.5 Å². The van der Waals surface area contributed by atoms with Gasteiger partial charge in [-0.05, 0) is 50.2 Å². The molecular formula is C39H40BrF3N8O3. The molecule has 0 radical (unpaired) electrons. The zero-order chi connectivity index (χ0) is 38.1. The average Bonchev–Trinajstić information content (AvgIpc) is 3.72. The van der Waals surface area contributed by atoms with E-state index in [0.29, 0.717) is 30.5 Å². The molecule has 2 amide bonds. The molecular weight excluding hydrogens is 765 g/mol. The van der Waals surface area contributed by atoms with Crippen LogP contribution in [0.1, 0.15) is 36.6 Å². The largest absolute Gasteiger partial charge is 1.00 e. The first-order chi connectivity index (χ1) is 25.2. The quantitative estimate of drug-likeness (QED) is 0.192. The molecule has 0 spiro atoms. The molecule has 0 aliphatic carbocycles. The Bertz CT molecular complexity index is 2230. The number of alkyl halides is 3. The average molecular weight is 806 g/mol. The van der Waals surface area contributed by atoms with Crippen molar-refractivity contribution in [1.82, 2.24) is 29.1 Å². The van der Waals surface area contributed by atoms with Crippen molar-refractivity contribution in [2.45, 2.75) is 51.5 Å². The SMILES string of the molecule is [Br-].[C-]#[N+]c1ccc(-n2nccc2-c2c(C)n(-c3cccc(C(F)(F)F)c3)c(=O)n2C(=O)N[C@@H](C)C(=O)N2CCC([N+](C)(C)Cc3ccccc3)CC2)cc1. The lowest BCUT2D eigenvalue weighted by molar-refractivity contribution is -0.929. The summed E-state index contributed by atoms with van der Waals surface area (Å²) in [4.78, 5) is 47.1. The van der Waals surface area contributed by atoms with Crippen LogP contribution in [0.4, 0.5) is 23.7 Å². The van der Waals surface area contributed by atoms with Gasteiger partial charge in [-0.25, -0.2) is 23.7 Å². The fourth-order valence-electron chi connectivity index (χ4n) is 7.13. The maximum absolute atomic E-state index is 14.2. The van der Waals surface area contributed by atoms with Gasteiger partial charge in [-0.3, -0.25) is 9.36 Å². The van der Waals surface area contributed by atoms with E-state index in [-0.39, 0.29) is 45.7 Å². The summed E-state index contributed by atoms with van der Waals surface area (Å²) in [7, 11) is 4.38. The second-order valence-electron chi connectivity index (χ2n) is 13.8. The fraction of sp³-hybridized carbons (Fsp3) is 0.308.